The largest absolute Gasteiger partial charge is 0.400 e. The molecule has 0 spiro atoms. The van der Waals surface area contributed by atoms with E-state index in [2.05, 4.69) is 148 Å². The first-order valence-corrected chi connectivity index (χ1v) is 25.2. The number of benzene rings is 7. The van der Waals surface area contributed by atoms with Crippen molar-refractivity contribution in [1.82, 2.24) is 24.9 Å². The van der Waals surface area contributed by atoms with Crippen LogP contribution in [0.2, 0.25) is 0 Å². The van der Waals surface area contributed by atoms with E-state index in [0.29, 0.717) is 0 Å². The van der Waals surface area contributed by atoms with Crippen molar-refractivity contribution in [1.29, 1.82) is 0 Å². The third-order valence-electron chi connectivity index (χ3n) is 11.3. The van der Waals surface area contributed by atoms with Gasteiger partial charge in [-0.1, -0.05) is 144 Å². The van der Waals surface area contributed by atoms with Crippen LogP contribution in [0, 0.1) is 38.1 Å². The SMILES string of the molecule is CO.CO.Cc1ccnc(-c2[c-]cc(-c3ccccc3)cc2)c1.Cc1ccnc(-c2ccc(-c3ccccc3)cc2)c1.[Ir].[Ir].[c-]1ccccc1-c1ccccn1.[c-]1ccccc1-c1ccccn1.[c-]1ccccc1-c1ccccn1. The van der Waals surface area contributed by atoms with E-state index in [1.165, 1.54) is 33.4 Å². The Bertz CT molecular complexity index is 3050. The van der Waals surface area contributed by atoms with Crippen molar-refractivity contribution < 1.29 is 50.4 Å². The smallest absolute Gasteiger partial charge is 0.0704 e. The molecule has 12 rings (SSSR count). The number of hydrogen-bond donors (Lipinski definition) is 2. The quantitative estimate of drug-likeness (QED) is 0.153. The molecule has 0 saturated carbocycles. The Morgan fingerprint density at radius 2 is 0.588 bits per heavy atom. The summed E-state index contributed by atoms with van der Waals surface area (Å²) >= 11 is 0. The van der Waals surface area contributed by atoms with E-state index in [9.17, 15) is 0 Å². The molecule has 12 aromatic rings. The molecule has 2 radical (unpaired) electrons. The van der Waals surface area contributed by atoms with E-state index in [-0.39, 0.29) is 40.2 Å². The summed E-state index contributed by atoms with van der Waals surface area (Å²) in [5.41, 5.74) is 17.5. The summed E-state index contributed by atoms with van der Waals surface area (Å²) in [6.07, 6.45) is 9.06. The Hall–Kier alpha value is -8.49. The second kappa shape index (κ2) is 37.3. The van der Waals surface area contributed by atoms with Crippen LogP contribution in [0.15, 0.2) is 286 Å². The maximum atomic E-state index is 7.00. The molecule has 0 aliphatic heterocycles. The average Bonchev–Trinajstić information content (AvgIpc) is 3.55. The topological polar surface area (TPSA) is 105 Å². The zero-order valence-corrected chi connectivity index (χ0v) is 49.7. The van der Waals surface area contributed by atoms with Gasteiger partial charge in [-0.05, 0) is 89.7 Å². The van der Waals surface area contributed by atoms with Gasteiger partial charge >= 0.3 is 0 Å². The molecule has 0 saturated heterocycles. The molecule has 0 bridgehead atoms. The molecule has 0 unspecified atom stereocenters. The maximum Gasteiger partial charge on any atom is 0.0704 e. The van der Waals surface area contributed by atoms with Crippen molar-refractivity contribution in [2.24, 2.45) is 0 Å². The van der Waals surface area contributed by atoms with E-state index >= 15 is 0 Å². The van der Waals surface area contributed by atoms with Gasteiger partial charge in [-0.2, -0.15) is 0 Å². The number of aliphatic hydroxyl groups excluding tert-OH is 2. The molecule has 2 N–H and O–H groups in total. The molecule has 0 aliphatic rings. The summed E-state index contributed by atoms with van der Waals surface area (Å²) in [5.74, 6) is 0. The number of aromatic nitrogens is 5. The van der Waals surface area contributed by atoms with Gasteiger partial charge in [0.25, 0.3) is 0 Å². The number of pyridine rings is 5. The molecular weight excluding hydrogens is 1340 g/mol. The van der Waals surface area contributed by atoms with Gasteiger partial charge in [0.15, 0.2) is 0 Å². The fourth-order valence-corrected chi connectivity index (χ4v) is 7.46. The van der Waals surface area contributed by atoms with Crippen molar-refractivity contribution in [3.63, 3.8) is 0 Å². The standard InChI is InChI=1S/C18H15N.C18H14N.3C11H8N.2CH4O.2Ir/c2*1-14-11-12-19-18(13-14)17-9-7-16(8-10-17)15-5-3-2-4-6-15;3*1-2-6-10(7-3-1)11-8-4-5-9-12-11;2*1-2;;/h2-13H,1H3;2-9,11-13H,1H3;3*1-6,8-9H;2*2H,1H3;;/q;4*-1;;;;. The zero-order valence-electron chi connectivity index (χ0n) is 44.9. The summed E-state index contributed by atoms with van der Waals surface area (Å²) in [5, 5.41) is 14.0. The molecule has 5 heterocycles. The third kappa shape index (κ3) is 21.4. The summed E-state index contributed by atoms with van der Waals surface area (Å²) < 4.78 is 0. The van der Waals surface area contributed by atoms with Crippen LogP contribution in [0.1, 0.15) is 11.1 Å². The van der Waals surface area contributed by atoms with Crippen LogP contribution in [0.4, 0.5) is 0 Å². The van der Waals surface area contributed by atoms with E-state index in [0.717, 1.165) is 70.5 Å². The minimum Gasteiger partial charge on any atom is -0.400 e. The number of rotatable bonds is 7. The summed E-state index contributed by atoms with van der Waals surface area (Å²) in [6, 6.07) is 97.5. The first kappa shape index (κ1) is 64.0. The van der Waals surface area contributed by atoms with Gasteiger partial charge in [-0.15, -0.1) is 138 Å². The van der Waals surface area contributed by atoms with Crippen LogP contribution in [0.5, 0.6) is 0 Å². The first-order valence-electron chi connectivity index (χ1n) is 25.2. The van der Waals surface area contributed by atoms with Gasteiger partial charge in [0.1, 0.15) is 0 Å². The van der Waals surface area contributed by atoms with Crippen molar-refractivity contribution in [2.45, 2.75) is 13.8 Å². The normalized spacial score (nSPS) is 9.43. The second-order valence-corrected chi connectivity index (χ2v) is 16.7. The number of aryl methyl sites for hydroxylation is 2. The maximum absolute atomic E-state index is 7.00. The molecule has 9 heteroatoms. The molecule has 7 aromatic carbocycles. The van der Waals surface area contributed by atoms with Crippen LogP contribution in [-0.4, -0.2) is 49.4 Å². The van der Waals surface area contributed by atoms with E-state index in [1.54, 1.807) is 18.6 Å². The number of aliphatic hydroxyl groups is 2. The summed E-state index contributed by atoms with van der Waals surface area (Å²) in [6.45, 7) is 4.16. The van der Waals surface area contributed by atoms with Gasteiger partial charge in [0.2, 0.25) is 0 Å². The van der Waals surface area contributed by atoms with Crippen LogP contribution < -0.4 is 0 Å². The van der Waals surface area contributed by atoms with Gasteiger partial charge < -0.3 is 30.1 Å². The molecule has 80 heavy (non-hydrogen) atoms. The van der Waals surface area contributed by atoms with Crippen LogP contribution in [0.3, 0.4) is 0 Å². The van der Waals surface area contributed by atoms with Gasteiger partial charge in [0.05, 0.1) is 5.69 Å². The fraction of sp³-hybridized carbons (Fsp3) is 0.0563. The molecule has 0 amide bonds. The molecule has 404 valence electrons. The van der Waals surface area contributed by atoms with E-state index < -0.39 is 0 Å². The molecule has 7 nitrogen and oxygen atoms in total. The van der Waals surface area contributed by atoms with Crippen molar-refractivity contribution in [3.8, 4) is 78.5 Å². The average molecular weight is 1400 g/mol. The zero-order chi connectivity index (χ0) is 54.8. The van der Waals surface area contributed by atoms with Gasteiger partial charge in [-0.3, -0.25) is 4.98 Å². The van der Waals surface area contributed by atoms with Crippen LogP contribution in [0.25, 0.3) is 78.5 Å². The predicted octanol–water partition coefficient (Wildman–Crippen LogP) is 16.1. The summed E-state index contributed by atoms with van der Waals surface area (Å²) in [7, 11) is 2.00. The van der Waals surface area contributed by atoms with E-state index in [1.807, 2.05) is 182 Å². The Labute approximate surface area is 499 Å². The van der Waals surface area contributed by atoms with Crippen LogP contribution >= 0.6 is 0 Å². The minimum absolute atomic E-state index is 0. The first-order chi connectivity index (χ1) is 38.6. The van der Waals surface area contributed by atoms with Crippen molar-refractivity contribution >= 4 is 0 Å². The molecule has 0 fully saturated rings. The van der Waals surface area contributed by atoms with E-state index in [4.69, 9.17) is 10.2 Å². The monoisotopic (exact) mass is 1400 g/mol. The molecular formula is C71H61Ir2N5O2-4. The van der Waals surface area contributed by atoms with Crippen LogP contribution in [-0.2, 0) is 40.2 Å². The summed E-state index contributed by atoms with van der Waals surface area (Å²) in [4.78, 5) is 21.4. The van der Waals surface area contributed by atoms with Crippen molar-refractivity contribution in [3.05, 3.63) is 321 Å². The second-order valence-electron chi connectivity index (χ2n) is 16.7. The minimum atomic E-state index is 0. The molecule has 0 aliphatic carbocycles. The Morgan fingerprint density at radius 1 is 0.263 bits per heavy atom. The number of hydrogen-bond acceptors (Lipinski definition) is 7. The number of nitrogens with zero attached hydrogens (tertiary/aromatic N) is 5. The molecule has 5 aromatic heterocycles. The fourth-order valence-electron chi connectivity index (χ4n) is 7.46. The Kier molecular flexibility index (Phi) is 29.9. The Balaban J connectivity index is 0.000000214. The third-order valence-corrected chi connectivity index (χ3v) is 11.3. The molecule has 0 atom stereocenters. The Morgan fingerprint density at radius 3 is 0.950 bits per heavy atom. The van der Waals surface area contributed by atoms with Crippen molar-refractivity contribution in [2.75, 3.05) is 14.2 Å². The van der Waals surface area contributed by atoms with Gasteiger partial charge in [-0.25, -0.2) is 0 Å². The van der Waals surface area contributed by atoms with Gasteiger partial charge in [0, 0.05) is 91.0 Å². The predicted molar refractivity (Wildman–Crippen MR) is 320 cm³/mol.